The zero-order valence-electron chi connectivity index (χ0n) is 17.9. The lowest BCUT2D eigenvalue weighted by Gasteiger charge is -2.28. The fraction of sp³-hybridized carbons (Fsp3) is 0.400. The number of ether oxygens (including phenoxy) is 1. The van der Waals surface area contributed by atoms with Gasteiger partial charge in [0.15, 0.2) is 0 Å². The van der Waals surface area contributed by atoms with Crippen molar-refractivity contribution >= 4 is 23.3 Å². The summed E-state index contributed by atoms with van der Waals surface area (Å²) in [6, 6.07) is 0. The van der Waals surface area contributed by atoms with Crippen LogP contribution in [0.25, 0.3) is 11.6 Å². The number of β-amino-alcohol motifs (C(OH)–C–C–N with tert-alkyl or cyclic N) is 1. The van der Waals surface area contributed by atoms with Crippen LogP contribution in [0, 0.1) is 11.3 Å². The third kappa shape index (κ3) is 3.76. The molecular weight excluding hydrogens is 388 g/mol. The maximum absolute atomic E-state index is 9.84. The Labute approximate surface area is 183 Å². The molecule has 0 bridgehead atoms. The van der Waals surface area contributed by atoms with Gasteiger partial charge in [0, 0.05) is 48.4 Å². The minimum absolute atomic E-state index is 0.0578. The average molecular weight is 419 g/mol. The number of H-pyrrole nitrogens is 1. The number of aromatic amines is 1. The molecule has 3 heterocycles. The van der Waals surface area contributed by atoms with Gasteiger partial charge in [0.25, 0.3) is 0 Å². The van der Waals surface area contributed by atoms with Gasteiger partial charge >= 0.3 is 0 Å². The smallest absolute Gasteiger partial charge is 0.122 e. The number of aliphatic hydroxyl groups is 1. The van der Waals surface area contributed by atoms with Gasteiger partial charge in [-0.2, -0.15) is 0 Å². The van der Waals surface area contributed by atoms with Crippen molar-refractivity contribution in [2.75, 3.05) is 32.1 Å². The Hall–Kier alpha value is -2.99. The van der Waals surface area contributed by atoms with Gasteiger partial charge in [0.05, 0.1) is 13.2 Å². The summed E-state index contributed by atoms with van der Waals surface area (Å²) < 4.78 is 5.63. The molecule has 2 aliphatic heterocycles. The van der Waals surface area contributed by atoms with Crippen LogP contribution in [0.15, 0.2) is 53.5 Å². The molecule has 5 rings (SSSR count). The molecule has 1 aromatic rings. The molecule has 2 aliphatic carbocycles. The van der Waals surface area contributed by atoms with Gasteiger partial charge in [-0.25, -0.2) is 0 Å². The molecule has 0 saturated carbocycles. The highest BCUT2D eigenvalue weighted by Gasteiger charge is 2.29. The highest BCUT2D eigenvalue weighted by atomic mass is 16.5. The largest absolute Gasteiger partial charge is 0.496 e. The van der Waals surface area contributed by atoms with Gasteiger partial charge in [-0.05, 0) is 49.0 Å². The van der Waals surface area contributed by atoms with Crippen LogP contribution in [-0.4, -0.2) is 53.7 Å². The molecule has 0 aromatic carbocycles. The van der Waals surface area contributed by atoms with E-state index in [1.54, 1.807) is 7.11 Å². The van der Waals surface area contributed by atoms with E-state index in [2.05, 4.69) is 53.0 Å². The zero-order valence-corrected chi connectivity index (χ0v) is 17.9. The number of rotatable bonds is 4. The fourth-order valence-electron chi connectivity index (χ4n) is 4.96. The van der Waals surface area contributed by atoms with Gasteiger partial charge in [-0.3, -0.25) is 5.41 Å². The first-order chi connectivity index (χ1) is 15.1. The number of methoxy groups -OCH3 is 1. The first-order valence-electron chi connectivity index (χ1n) is 11.1. The Morgan fingerprint density at radius 3 is 2.94 bits per heavy atom. The molecule has 4 aliphatic rings. The molecule has 162 valence electrons. The van der Waals surface area contributed by atoms with E-state index in [1.165, 1.54) is 16.7 Å². The lowest BCUT2D eigenvalue weighted by atomic mass is 9.86. The second-order valence-electron chi connectivity index (χ2n) is 8.64. The molecular formula is C25H30N4O2. The number of likely N-dealkylation sites (tertiary alicyclic amines) is 1. The van der Waals surface area contributed by atoms with E-state index in [4.69, 9.17) is 10.1 Å². The normalized spacial score (nSPS) is 25.2. The quantitative estimate of drug-likeness (QED) is 0.439. The van der Waals surface area contributed by atoms with Crippen LogP contribution < -0.4 is 5.32 Å². The average Bonchev–Trinajstić information content (AvgIpc) is 3.44. The fourth-order valence-corrected chi connectivity index (χ4v) is 4.96. The van der Waals surface area contributed by atoms with Crippen LogP contribution in [0.4, 0.5) is 5.82 Å². The molecule has 1 fully saturated rings. The number of aliphatic hydroxyl groups excluding tert-OH is 1. The van der Waals surface area contributed by atoms with E-state index in [0.29, 0.717) is 12.4 Å². The first-order valence-corrected chi connectivity index (χ1v) is 11.1. The van der Waals surface area contributed by atoms with Gasteiger partial charge in [-0.15, -0.1) is 0 Å². The standard InChI is InChI=1S/C25H30N4O2/c1-31-23-8-3-2-7-20(23)22-14-28-25-21(22)12-18(13-27-25)16-5-4-6-17(11-16)24(26)29-10-9-19(30)15-29/h4-8,12,14,17,19,26-28,30H,2-3,9-11,13,15H2,1H3. The van der Waals surface area contributed by atoms with E-state index < -0.39 is 0 Å². The SMILES string of the molecule is COC1=CCCC=C1c1c[nH]c2c1C=C(C1=CC=CC(C(=N)N3CCC(O)C3)C1)CN2. The van der Waals surface area contributed by atoms with Crippen LogP contribution in [-0.2, 0) is 4.74 Å². The van der Waals surface area contributed by atoms with Crippen LogP contribution >= 0.6 is 0 Å². The topological polar surface area (TPSA) is 84.4 Å². The van der Waals surface area contributed by atoms with Crippen molar-refractivity contribution in [2.24, 2.45) is 5.92 Å². The van der Waals surface area contributed by atoms with Crippen LogP contribution in [0.3, 0.4) is 0 Å². The number of hydrogen-bond donors (Lipinski definition) is 4. The van der Waals surface area contributed by atoms with Crippen LogP contribution in [0.2, 0.25) is 0 Å². The van der Waals surface area contributed by atoms with Gasteiger partial charge in [0.2, 0.25) is 0 Å². The summed E-state index contributed by atoms with van der Waals surface area (Å²) in [5, 5.41) is 22.0. The number of amidine groups is 1. The molecule has 1 aromatic heterocycles. The number of hydrogen-bond acceptors (Lipinski definition) is 4. The molecule has 6 heteroatoms. The predicted molar refractivity (Wildman–Crippen MR) is 125 cm³/mol. The van der Waals surface area contributed by atoms with E-state index >= 15 is 0 Å². The first kappa shape index (κ1) is 19.9. The summed E-state index contributed by atoms with van der Waals surface area (Å²) in [7, 11) is 1.73. The van der Waals surface area contributed by atoms with Gasteiger partial charge in [-0.1, -0.05) is 24.3 Å². The van der Waals surface area contributed by atoms with Gasteiger partial charge < -0.3 is 25.0 Å². The van der Waals surface area contributed by atoms with Crippen molar-refractivity contribution in [2.45, 2.75) is 31.8 Å². The Morgan fingerprint density at radius 1 is 1.26 bits per heavy atom. The second kappa shape index (κ2) is 8.27. The third-order valence-corrected chi connectivity index (χ3v) is 6.66. The highest BCUT2D eigenvalue weighted by molar-refractivity contribution is 5.89. The molecule has 0 amide bonds. The van der Waals surface area contributed by atoms with E-state index in [-0.39, 0.29) is 12.0 Å². The summed E-state index contributed by atoms with van der Waals surface area (Å²) in [6.07, 6.45) is 18.4. The molecule has 6 nitrogen and oxygen atoms in total. The van der Waals surface area contributed by atoms with Crippen molar-refractivity contribution < 1.29 is 9.84 Å². The summed E-state index contributed by atoms with van der Waals surface area (Å²) >= 11 is 0. The number of anilines is 1. The summed E-state index contributed by atoms with van der Waals surface area (Å²) in [4.78, 5) is 5.40. The maximum atomic E-state index is 9.84. The molecule has 4 N–H and O–H groups in total. The Morgan fingerprint density at radius 2 is 2.13 bits per heavy atom. The van der Waals surface area contributed by atoms with Crippen LogP contribution in [0.1, 0.15) is 36.8 Å². The van der Waals surface area contributed by atoms with E-state index in [1.807, 2.05) is 4.90 Å². The van der Waals surface area contributed by atoms with Crippen molar-refractivity contribution in [3.05, 3.63) is 64.6 Å². The number of allylic oxidation sites excluding steroid dienone is 5. The molecule has 1 saturated heterocycles. The van der Waals surface area contributed by atoms with Crippen molar-refractivity contribution in [3.8, 4) is 0 Å². The lowest BCUT2D eigenvalue weighted by Crippen LogP contribution is -2.34. The third-order valence-electron chi connectivity index (χ3n) is 6.66. The zero-order chi connectivity index (χ0) is 21.4. The summed E-state index contributed by atoms with van der Waals surface area (Å²) in [5.74, 6) is 2.66. The number of aromatic nitrogens is 1. The number of nitrogens with one attached hydrogen (secondary N) is 3. The Bertz CT molecular complexity index is 1040. The molecule has 0 radical (unpaired) electrons. The molecule has 31 heavy (non-hydrogen) atoms. The Balaban J connectivity index is 1.38. The predicted octanol–water partition coefficient (Wildman–Crippen LogP) is 4.08. The van der Waals surface area contributed by atoms with E-state index in [9.17, 15) is 5.11 Å². The highest BCUT2D eigenvalue weighted by Crippen LogP contribution is 2.38. The lowest BCUT2D eigenvalue weighted by molar-refractivity contribution is 0.187. The van der Waals surface area contributed by atoms with Crippen molar-refractivity contribution in [1.82, 2.24) is 9.88 Å². The molecule has 2 atom stereocenters. The minimum atomic E-state index is -0.307. The number of fused-ring (bicyclic) bond motifs is 1. The van der Waals surface area contributed by atoms with Crippen LogP contribution in [0.5, 0.6) is 0 Å². The Kier molecular flexibility index (Phi) is 5.32. The second-order valence-corrected chi connectivity index (χ2v) is 8.64. The van der Waals surface area contributed by atoms with Crippen molar-refractivity contribution in [1.29, 1.82) is 5.41 Å². The molecule has 0 spiro atoms. The monoisotopic (exact) mass is 418 g/mol. The minimum Gasteiger partial charge on any atom is -0.496 e. The number of nitrogens with zero attached hydrogens (tertiary/aromatic N) is 1. The molecule has 2 unspecified atom stereocenters. The summed E-state index contributed by atoms with van der Waals surface area (Å²) in [5.41, 5.74) is 6.01. The van der Waals surface area contributed by atoms with Gasteiger partial charge in [0.1, 0.15) is 17.4 Å². The van der Waals surface area contributed by atoms with E-state index in [0.717, 1.165) is 61.5 Å². The van der Waals surface area contributed by atoms with Crippen molar-refractivity contribution in [3.63, 3.8) is 0 Å². The maximum Gasteiger partial charge on any atom is 0.122 e. The summed E-state index contributed by atoms with van der Waals surface area (Å²) in [6.45, 7) is 2.11.